The number of halogens is 1. The number of carbonyl (C=O) groups excluding carboxylic acids is 2. The van der Waals surface area contributed by atoms with Crippen molar-refractivity contribution in [3.8, 4) is 0 Å². The smallest absolute Gasteiger partial charge is 0.239 e. The lowest BCUT2D eigenvalue weighted by atomic mass is 9.86. The van der Waals surface area contributed by atoms with Crippen LogP contribution in [-0.2, 0) is 9.59 Å². The van der Waals surface area contributed by atoms with E-state index in [1.807, 2.05) is 13.8 Å². The van der Waals surface area contributed by atoms with E-state index in [2.05, 4.69) is 10.6 Å². The molecule has 0 aromatic heterocycles. The average Bonchev–Trinajstić information content (AvgIpc) is 2.42. The van der Waals surface area contributed by atoms with E-state index in [0.29, 0.717) is 6.54 Å². The number of amides is 2. The van der Waals surface area contributed by atoms with Gasteiger partial charge in [-0.2, -0.15) is 0 Å². The zero-order chi connectivity index (χ0) is 15.1. The fraction of sp³-hybridized carbons (Fsp3) is 0.857. The van der Waals surface area contributed by atoms with Gasteiger partial charge in [0.15, 0.2) is 0 Å². The molecule has 2 amide bonds. The molecule has 21 heavy (non-hydrogen) atoms. The van der Waals surface area contributed by atoms with Crippen molar-refractivity contribution in [2.24, 2.45) is 17.6 Å². The van der Waals surface area contributed by atoms with Crippen molar-refractivity contribution in [3.63, 3.8) is 0 Å². The Labute approximate surface area is 132 Å². The van der Waals surface area contributed by atoms with E-state index in [9.17, 15) is 14.7 Å². The van der Waals surface area contributed by atoms with Gasteiger partial charge in [-0.1, -0.05) is 26.7 Å². The summed E-state index contributed by atoms with van der Waals surface area (Å²) in [6.07, 6.45) is 3.56. The first kappa shape index (κ1) is 20.1. The fourth-order valence-corrected chi connectivity index (χ4v) is 2.32. The summed E-state index contributed by atoms with van der Waals surface area (Å²) in [6, 6.07) is -0.594. The SMILES string of the molecule is CC(C)[C@H](N)C(=O)NCC(=O)NCC1CCCCC1O.Cl. The Morgan fingerprint density at radius 1 is 1.24 bits per heavy atom. The summed E-state index contributed by atoms with van der Waals surface area (Å²) >= 11 is 0. The van der Waals surface area contributed by atoms with Gasteiger partial charge >= 0.3 is 0 Å². The molecule has 0 aromatic carbocycles. The summed E-state index contributed by atoms with van der Waals surface area (Å²) < 4.78 is 0. The van der Waals surface area contributed by atoms with Crippen LogP contribution >= 0.6 is 12.4 Å². The molecule has 3 atom stereocenters. The number of nitrogens with one attached hydrogen (secondary N) is 2. The van der Waals surface area contributed by atoms with Crippen molar-refractivity contribution in [1.29, 1.82) is 0 Å². The minimum Gasteiger partial charge on any atom is -0.393 e. The number of rotatable bonds is 6. The van der Waals surface area contributed by atoms with Crippen LogP contribution in [-0.4, -0.2) is 42.2 Å². The van der Waals surface area contributed by atoms with Gasteiger partial charge in [0.1, 0.15) is 0 Å². The number of nitrogens with two attached hydrogens (primary N) is 1. The Kier molecular flexibility index (Phi) is 9.57. The summed E-state index contributed by atoms with van der Waals surface area (Å²) in [4.78, 5) is 23.2. The van der Waals surface area contributed by atoms with Crippen LogP contribution in [0, 0.1) is 11.8 Å². The molecule has 5 N–H and O–H groups in total. The molecule has 6 nitrogen and oxygen atoms in total. The molecule has 1 aliphatic carbocycles. The van der Waals surface area contributed by atoms with Crippen LogP contribution in [0.5, 0.6) is 0 Å². The highest BCUT2D eigenvalue weighted by Gasteiger charge is 2.23. The van der Waals surface area contributed by atoms with Crippen molar-refractivity contribution in [2.45, 2.75) is 51.7 Å². The lowest BCUT2D eigenvalue weighted by molar-refractivity contribution is -0.127. The molecule has 1 aliphatic rings. The monoisotopic (exact) mass is 321 g/mol. The Morgan fingerprint density at radius 3 is 2.43 bits per heavy atom. The van der Waals surface area contributed by atoms with E-state index in [0.717, 1.165) is 25.7 Å². The molecular weight excluding hydrogens is 294 g/mol. The molecule has 0 aromatic rings. The van der Waals surface area contributed by atoms with Crippen molar-refractivity contribution < 1.29 is 14.7 Å². The molecule has 0 heterocycles. The van der Waals surface area contributed by atoms with E-state index in [4.69, 9.17) is 5.73 Å². The molecule has 0 bridgehead atoms. The normalized spacial score (nSPS) is 23.1. The van der Waals surface area contributed by atoms with Gasteiger partial charge in [-0.05, 0) is 18.8 Å². The van der Waals surface area contributed by atoms with Crippen molar-refractivity contribution in [3.05, 3.63) is 0 Å². The highest BCUT2D eigenvalue weighted by Crippen LogP contribution is 2.23. The lowest BCUT2D eigenvalue weighted by Gasteiger charge is -2.27. The molecule has 2 unspecified atom stereocenters. The highest BCUT2D eigenvalue weighted by atomic mass is 35.5. The molecule has 0 radical (unpaired) electrons. The number of hydrogen-bond donors (Lipinski definition) is 4. The first-order valence-electron chi connectivity index (χ1n) is 7.40. The first-order valence-corrected chi connectivity index (χ1v) is 7.40. The van der Waals surface area contributed by atoms with Gasteiger partial charge in [-0.15, -0.1) is 12.4 Å². The van der Waals surface area contributed by atoms with Crippen LogP contribution in [0.25, 0.3) is 0 Å². The Balaban J connectivity index is 0.00000400. The second-order valence-corrected chi connectivity index (χ2v) is 5.90. The van der Waals surface area contributed by atoms with Crippen molar-refractivity contribution in [2.75, 3.05) is 13.1 Å². The van der Waals surface area contributed by atoms with Crippen LogP contribution in [0.1, 0.15) is 39.5 Å². The molecule has 1 rings (SSSR count). The standard InChI is InChI=1S/C14H27N3O3.ClH/c1-9(2)13(15)14(20)17-8-12(19)16-7-10-5-3-4-6-11(10)18;/h9-11,13,18H,3-8,15H2,1-2H3,(H,16,19)(H,17,20);1H/t10?,11?,13-;/m0./s1. The minimum atomic E-state index is -0.594. The van der Waals surface area contributed by atoms with E-state index < -0.39 is 6.04 Å². The van der Waals surface area contributed by atoms with Gasteiger partial charge in [0.25, 0.3) is 0 Å². The predicted molar refractivity (Wildman–Crippen MR) is 84.0 cm³/mol. The second-order valence-electron chi connectivity index (χ2n) is 5.90. The molecule has 1 saturated carbocycles. The number of aliphatic hydroxyl groups excluding tert-OH is 1. The number of aliphatic hydroxyl groups is 1. The fourth-order valence-electron chi connectivity index (χ4n) is 2.32. The van der Waals surface area contributed by atoms with E-state index in [1.54, 1.807) is 0 Å². The summed E-state index contributed by atoms with van der Waals surface area (Å²) in [5, 5.41) is 15.1. The third-order valence-corrected chi connectivity index (χ3v) is 3.87. The summed E-state index contributed by atoms with van der Waals surface area (Å²) in [6.45, 7) is 4.11. The molecule has 0 aliphatic heterocycles. The maximum absolute atomic E-state index is 11.6. The van der Waals surface area contributed by atoms with Crippen molar-refractivity contribution in [1.82, 2.24) is 10.6 Å². The minimum absolute atomic E-state index is 0. The quantitative estimate of drug-likeness (QED) is 0.560. The Bertz CT molecular complexity index is 339. The van der Waals surface area contributed by atoms with Gasteiger partial charge in [0.05, 0.1) is 18.7 Å². The molecule has 0 spiro atoms. The number of hydrogen-bond acceptors (Lipinski definition) is 4. The molecule has 0 saturated heterocycles. The Morgan fingerprint density at radius 2 is 1.86 bits per heavy atom. The largest absolute Gasteiger partial charge is 0.393 e. The third kappa shape index (κ3) is 7.11. The van der Waals surface area contributed by atoms with Gasteiger partial charge in [0.2, 0.25) is 11.8 Å². The summed E-state index contributed by atoms with van der Waals surface area (Å²) in [5.74, 6) is -0.392. The van der Waals surface area contributed by atoms with E-state index in [-0.39, 0.29) is 48.7 Å². The second kappa shape index (κ2) is 9.97. The summed E-state index contributed by atoms with van der Waals surface area (Å²) in [7, 11) is 0. The average molecular weight is 322 g/mol. The maximum atomic E-state index is 11.6. The first-order chi connectivity index (χ1) is 9.41. The molecular formula is C14H28ClN3O3. The van der Waals surface area contributed by atoms with Gasteiger partial charge in [-0.25, -0.2) is 0 Å². The van der Waals surface area contributed by atoms with Gasteiger partial charge < -0.3 is 21.5 Å². The van der Waals surface area contributed by atoms with Crippen LogP contribution < -0.4 is 16.4 Å². The van der Waals surface area contributed by atoms with Crippen LogP contribution in [0.4, 0.5) is 0 Å². The Hall–Kier alpha value is -0.850. The van der Waals surface area contributed by atoms with Gasteiger partial charge in [-0.3, -0.25) is 9.59 Å². The number of carbonyl (C=O) groups is 2. The van der Waals surface area contributed by atoms with E-state index in [1.165, 1.54) is 0 Å². The summed E-state index contributed by atoms with van der Waals surface area (Å²) in [5.41, 5.74) is 5.68. The van der Waals surface area contributed by atoms with E-state index >= 15 is 0 Å². The zero-order valence-corrected chi connectivity index (χ0v) is 13.6. The predicted octanol–water partition coefficient (Wildman–Crippen LogP) is 0.175. The molecule has 124 valence electrons. The topological polar surface area (TPSA) is 104 Å². The third-order valence-electron chi connectivity index (χ3n) is 3.87. The molecule has 1 fully saturated rings. The lowest BCUT2D eigenvalue weighted by Crippen LogP contribution is -2.48. The van der Waals surface area contributed by atoms with Crippen LogP contribution in [0.2, 0.25) is 0 Å². The highest BCUT2D eigenvalue weighted by molar-refractivity contribution is 5.87. The molecule has 7 heteroatoms. The van der Waals surface area contributed by atoms with Crippen LogP contribution in [0.15, 0.2) is 0 Å². The van der Waals surface area contributed by atoms with Gasteiger partial charge in [0, 0.05) is 12.5 Å². The zero-order valence-electron chi connectivity index (χ0n) is 12.8. The van der Waals surface area contributed by atoms with Crippen LogP contribution in [0.3, 0.4) is 0 Å². The van der Waals surface area contributed by atoms with Crippen molar-refractivity contribution >= 4 is 24.2 Å². The maximum Gasteiger partial charge on any atom is 0.239 e.